The number of nitrogens with zero attached hydrogens (tertiary/aromatic N) is 5. The van der Waals surface area contributed by atoms with Gasteiger partial charge in [0.2, 0.25) is 0 Å². The van der Waals surface area contributed by atoms with Gasteiger partial charge in [-0.15, -0.1) is 0 Å². The Hall–Kier alpha value is -7.63. The molecule has 0 spiro atoms. The molecule has 5 heterocycles. The van der Waals surface area contributed by atoms with Crippen LogP contribution in [0, 0.1) is 0 Å². The van der Waals surface area contributed by atoms with Crippen LogP contribution in [0.5, 0.6) is 0 Å². The van der Waals surface area contributed by atoms with Crippen molar-refractivity contribution in [2.24, 2.45) is 0 Å². The fourth-order valence-corrected chi connectivity index (χ4v) is 8.26. The molecule has 0 aliphatic rings. The fourth-order valence-electron chi connectivity index (χ4n) is 8.26. The van der Waals surface area contributed by atoms with Gasteiger partial charge in [-0.05, 0) is 101 Å². The second kappa shape index (κ2) is 13.0. The zero-order valence-corrected chi connectivity index (χ0v) is 30.3. The second-order valence-corrected chi connectivity index (χ2v) is 14.1. The molecule has 0 aliphatic carbocycles. The molecule has 11 rings (SSSR count). The Kier molecular flexibility index (Phi) is 7.42. The SMILES string of the molecule is c1ccc(-c2cc(-c3ccc(-c4cc(-n5c6ccccc6c6ccccc65)cc(-n5c6ccccc6c6ccccc65)c4)cc3)cc(-c3ccccn3)n2)nc1. The molecule has 0 fully saturated rings. The predicted octanol–water partition coefficient (Wildman–Crippen LogP) is 12.7. The van der Waals surface area contributed by atoms with E-state index in [0.29, 0.717) is 0 Å². The van der Waals surface area contributed by atoms with Gasteiger partial charge >= 0.3 is 0 Å². The first-order valence-electron chi connectivity index (χ1n) is 18.8. The molecule has 5 heteroatoms. The molecule has 0 unspecified atom stereocenters. The predicted molar refractivity (Wildman–Crippen MR) is 230 cm³/mol. The lowest BCUT2D eigenvalue weighted by Gasteiger charge is -2.16. The van der Waals surface area contributed by atoms with Crippen molar-refractivity contribution in [2.75, 3.05) is 0 Å². The minimum atomic E-state index is 0.808. The van der Waals surface area contributed by atoms with Gasteiger partial charge in [0.25, 0.3) is 0 Å². The van der Waals surface area contributed by atoms with Crippen LogP contribution in [0.4, 0.5) is 0 Å². The maximum atomic E-state index is 4.99. The van der Waals surface area contributed by atoms with E-state index in [1.165, 1.54) is 43.6 Å². The molecular weight excluding hydrogens is 683 g/mol. The van der Waals surface area contributed by atoms with Crippen LogP contribution in [0.1, 0.15) is 0 Å². The third-order valence-corrected chi connectivity index (χ3v) is 10.8. The lowest BCUT2D eigenvalue weighted by molar-refractivity contribution is 1.13. The van der Waals surface area contributed by atoms with Crippen LogP contribution in [0.2, 0.25) is 0 Å². The largest absolute Gasteiger partial charge is 0.309 e. The molecule has 6 aromatic carbocycles. The van der Waals surface area contributed by atoms with Crippen molar-refractivity contribution in [3.8, 4) is 56.4 Å². The fraction of sp³-hybridized carbons (Fsp3) is 0. The van der Waals surface area contributed by atoms with E-state index in [4.69, 9.17) is 4.98 Å². The van der Waals surface area contributed by atoms with Crippen molar-refractivity contribution in [2.45, 2.75) is 0 Å². The minimum absolute atomic E-state index is 0.808. The summed E-state index contributed by atoms with van der Waals surface area (Å²) in [7, 11) is 0. The average molecular weight is 716 g/mol. The molecule has 0 bridgehead atoms. The topological polar surface area (TPSA) is 48.5 Å². The summed E-state index contributed by atoms with van der Waals surface area (Å²) < 4.78 is 4.82. The van der Waals surface area contributed by atoms with Crippen molar-refractivity contribution in [3.63, 3.8) is 0 Å². The van der Waals surface area contributed by atoms with Gasteiger partial charge < -0.3 is 9.13 Å². The van der Waals surface area contributed by atoms with Gasteiger partial charge in [0, 0.05) is 45.3 Å². The molecule has 0 amide bonds. The number of hydrogen-bond donors (Lipinski definition) is 0. The van der Waals surface area contributed by atoms with Crippen molar-refractivity contribution in [1.82, 2.24) is 24.1 Å². The summed E-state index contributed by atoms with van der Waals surface area (Å²) in [5.74, 6) is 0. The van der Waals surface area contributed by atoms with Crippen LogP contribution in [0.3, 0.4) is 0 Å². The van der Waals surface area contributed by atoms with Crippen LogP contribution in [-0.4, -0.2) is 24.1 Å². The standard InChI is InChI=1S/C51H33N5/c1-5-19-48-40(13-1)41-14-2-6-20-49(41)55(48)38-29-36(30-39(33-38)56-50-21-7-3-15-42(50)43-16-4-8-22-51(43)56)34-23-25-35(26-24-34)37-31-46(44-17-9-11-27-52-44)54-47(32-37)45-18-10-12-28-53-45/h1-33H. The van der Waals surface area contributed by atoms with E-state index in [1.807, 2.05) is 36.4 Å². The quantitative estimate of drug-likeness (QED) is 0.172. The zero-order chi connectivity index (χ0) is 37.0. The summed E-state index contributed by atoms with van der Waals surface area (Å²) in [6.45, 7) is 0. The highest BCUT2D eigenvalue weighted by molar-refractivity contribution is 6.10. The molecule has 5 aromatic heterocycles. The van der Waals surface area contributed by atoms with Gasteiger partial charge in [0.1, 0.15) is 0 Å². The Morgan fingerprint density at radius 1 is 0.286 bits per heavy atom. The number of hydrogen-bond acceptors (Lipinski definition) is 3. The summed E-state index contributed by atoms with van der Waals surface area (Å²) in [5, 5.41) is 4.96. The summed E-state index contributed by atoms with van der Waals surface area (Å²) in [4.78, 5) is 14.2. The number of rotatable bonds is 6. The first-order valence-corrected chi connectivity index (χ1v) is 18.8. The molecule has 11 aromatic rings. The Morgan fingerprint density at radius 2 is 0.643 bits per heavy atom. The van der Waals surface area contributed by atoms with E-state index in [2.05, 4.69) is 171 Å². The lowest BCUT2D eigenvalue weighted by atomic mass is 9.98. The number of para-hydroxylation sites is 4. The Morgan fingerprint density at radius 3 is 1.02 bits per heavy atom. The van der Waals surface area contributed by atoms with E-state index in [9.17, 15) is 0 Å². The molecule has 5 nitrogen and oxygen atoms in total. The Balaban J connectivity index is 1.11. The van der Waals surface area contributed by atoms with Crippen LogP contribution in [-0.2, 0) is 0 Å². The van der Waals surface area contributed by atoms with Crippen LogP contribution >= 0.6 is 0 Å². The first-order chi connectivity index (χ1) is 27.8. The third kappa shape index (κ3) is 5.29. The highest BCUT2D eigenvalue weighted by Gasteiger charge is 2.18. The highest BCUT2D eigenvalue weighted by atomic mass is 15.0. The maximum absolute atomic E-state index is 4.99. The summed E-state index contributed by atoms with van der Waals surface area (Å²) in [5.41, 5.74) is 14.6. The lowest BCUT2D eigenvalue weighted by Crippen LogP contribution is -2.00. The number of benzene rings is 6. The van der Waals surface area contributed by atoms with E-state index < -0.39 is 0 Å². The zero-order valence-electron chi connectivity index (χ0n) is 30.3. The van der Waals surface area contributed by atoms with Crippen molar-refractivity contribution < 1.29 is 0 Å². The normalized spacial score (nSPS) is 11.6. The smallest absolute Gasteiger partial charge is 0.0900 e. The van der Waals surface area contributed by atoms with E-state index >= 15 is 0 Å². The first kappa shape index (κ1) is 31.9. The third-order valence-electron chi connectivity index (χ3n) is 10.8. The van der Waals surface area contributed by atoms with Gasteiger partial charge in [0.15, 0.2) is 0 Å². The van der Waals surface area contributed by atoms with Crippen molar-refractivity contribution in [1.29, 1.82) is 0 Å². The molecule has 0 radical (unpaired) electrons. The van der Waals surface area contributed by atoms with E-state index in [-0.39, 0.29) is 0 Å². The molecule has 0 saturated carbocycles. The number of pyridine rings is 3. The minimum Gasteiger partial charge on any atom is -0.309 e. The molecule has 0 aliphatic heterocycles. The van der Waals surface area contributed by atoms with E-state index in [1.54, 1.807) is 12.4 Å². The average Bonchev–Trinajstić information content (AvgIpc) is 3.80. The molecule has 0 atom stereocenters. The molecule has 0 N–H and O–H groups in total. The van der Waals surface area contributed by atoms with Crippen molar-refractivity contribution >= 4 is 43.6 Å². The summed E-state index contributed by atoms with van der Waals surface area (Å²) >= 11 is 0. The van der Waals surface area contributed by atoms with E-state index in [0.717, 1.165) is 56.4 Å². The highest BCUT2D eigenvalue weighted by Crippen LogP contribution is 2.38. The van der Waals surface area contributed by atoms with Gasteiger partial charge in [0.05, 0.1) is 44.8 Å². The second-order valence-electron chi connectivity index (χ2n) is 14.1. The van der Waals surface area contributed by atoms with Gasteiger partial charge in [-0.25, -0.2) is 4.98 Å². The number of fused-ring (bicyclic) bond motifs is 6. The Labute approximate surface area is 323 Å². The monoisotopic (exact) mass is 715 g/mol. The molecule has 0 saturated heterocycles. The van der Waals surface area contributed by atoms with Crippen molar-refractivity contribution in [3.05, 3.63) is 200 Å². The summed E-state index contributed by atoms with van der Waals surface area (Å²) in [6.07, 6.45) is 3.61. The molecule has 262 valence electrons. The molecular formula is C51H33N5. The maximum Gasteiger partial charge on any atom is 0.0900 e. The Bertz CT molecular complexity index is 2940. The van der Waals surface area contributed by atoms with Crippen LogP contribution < -0.4 is 0 Å². The van der Waals surface area contributed by atoms with Crippen LogP contribution in [0.25, 0.3) is 100 Å². The molecule has 56 heavy (non-hydrogen) atoms. The van der Waals surface area contributed by atoms with Crippen LogP contribution in [0.15, 0.2) is 200 Å². The number of aromatic nitrogens is 5. The van der Waals surface area contributed by atoms with Gasteiger partial charge in [-0.3, -0.25) is 9.97 Å². The van der Waals surface area contributed by atoms with Gasteiger partial charge in [-0.2, -0.15) is 0 Å². The van der Waals surface area contributed by atoms with Gasteiger partial charge in [-0.1, -0.05) is 109 Å². The summed E-state index contributed by atoms with van der Waals surface area (Å²) in [6, 6.07) is 66.8.